The molecule has 0 atom stereocenters. The topological polar surface area (TPSA) is 56.5 Å². The molecule has 0 amide bonds. The van der Waals surface area contributed by atoms with Crippen LogP contribution < -0.4 is 20.5 Å². The highest BCUT2D eigenvalue weighted by Gasteiger charge is 2.35. The van der Waals surface area contributed by atoms with Gasteiger partial charge in [0.25, 0.3) is 0 Å². The second-order valence-electron chi connectivity index (χ2n) is 5.38. The molecule has 0 saturated heterocycles. The quantitative estimate of drug-likeness (QED) is 0.829. The van der Waals surface area contributed by atoms with Crippen molar-refractivity contribution in [1.29, 1.82) is 0 Å². The molecule has 0 radical (unpaired) electrons. The van der Waals surface area contributed by atoms with E-state index in [0.29, 0.717) is 0 Å². The Morgan fingerprint density at radius 2 is 2.00 bits per heavy atom. The average Bonchev–Trinajstić information content (AvgIpc) is 2.38. The summed E-state index contributed by atoms with van der Waals surface area (Å²) in [7, 11) is 3.36. The van der Waals surface area contributed by atoms with Crippen LogP contribution in [0.4, 0.5) is 5.69 Å². The summed E-state index contributed by atoms with van der Waals surface area (Å²) in [5.41, 5.74) is 8.20. The molecule has 0 aliphatic heterocycles. The van der Waals surface area contributed by atoms with Crippen molar-refractivity contribution in [2.75, 3.05) is 32.6 Å². The van der Waals surface area contributed by atoms with E-state index in [0.717, 1.165) is 35.8 Å². The van der Waals surface area contributed by atoms with Crippen molar-refractivity contribution >= 4 is 5.69 Å². The molecule has 2 rings (SSSR count). The van der Waals surface area contributed by atoms with E-state index in [1.54, 1.807) is 14.2 Å². The van der Waals surface area contributed by atoms with Crippen LogP contribution in [-0.4, -0.2) is 27.3 Å². The Hall–Kier alpha value is -1.42. The zero-order chi connectivity index (χ0) is 13.9. The summed E-state index contributed by atoms with van der Waals surface area (Å²) in [4.78, 5) is 0. The molecule has 106 valence electrons. The molecule has 4 nitrogen and oxygen atoms in total. The van der Waals surface area contributed by atoms with Gasteiger partial charge in [-0.15, -0.1) is 0 Å². The van der Waals surface area contributed by atoms with Gasteiger partial charge >= 0.3 is 0 Å². The Morgan fingerprint density at radius 1 is 1.26 bits per heavy atom. The van der Waals surface area contributed by atoms with Crippen LogP contribution in [0.3, 0.4) is 0 Å². The molecule has 0 aromatic heterocycles. The fourth-order valence-corrected chi connectivity index (χ4v) is 2.71. The summed E-state index contributed by atoms with van der Waals surface area (Å²) >= 11 is 0. The zero-order valence-electron chi connectivity index (χ0n) is 12.1. The van der Waals surface area contributed by atoms with Gasteiger partial charge in [0.1, 0.15) is 11.5 Å². The normalized spacial score (nSPS) is 16.6. The lowest BCUT2D eigenvalue weighted by molar-refractivity contribution is 0.163. The molecule has 19 heavy (non-hydrogen) atoms. The third kappa shape index (κ3) is 2.63. The number of ether oxygens (including phenoxy) is 2. The Kier molecular flexibility index (Phi) is 4.20. The molecule has 1 saturated carbocycles. The maximum atomic E-state index is 5.89. The third-order valence-corrected chi connectivity index (χ3v) is 4.28. The molecule has 0 bridgehead atoms. The molecule has 1 aliphatic rings. The SMILES string of the molecule is COc1ccc(NCC2(CN)CCC2)c(OC)c1C. The van der Waals surface area contributed by atoms with Gasteiger partial charge in [0.2, 0.25) is 0 Å². The minimum absolute atomic E-state index is 0.277. The molecule has 1 aliphatic carbocycles. The minimum Gasteiger partial charge on any atom is -0.496 e. The molecule has 0 unspecified atom stereocenters. The second kappa shape index (κ2) is 5.70. The summed E-state index contributed by atoms with van der Waals surface area (Å²) in [6, 6.07) is 3.98. The second-order valence-corrected chi connectivity index (χ2v) is 5.38. The molecule has 0 spiro atoms. The van der Waals surface area contributed by atoms with Crippen molar-refractivity contribution in [2.24, 2.45) is 11.1 Å². The summed E-state index contributed by atoms with van der Waals surface area (Å²) < 4.78 is 10.8. The number of rotatable bonds is 6. The lowest BCUT2D eigenvalue weighted by Crippen LogP contribution is -2.43. The first-order valence-corrected chi connectivity index (χ1v) is 6.81. The van der Waals surface area contributed by atoms with E-state index in [2.05, 4.69) is 5.32 Å². The van der Waals surface area contributed by atoms with Gasteiger partial charge in [-0.25, -0.2) is 0 Å². The van der Waals surface area contributed by atoms with E-state index >= 15 is 0 Å². The average molecular weight is 264 g/mol. The van der Waals surface area contributed by atoms with Crippen LogP contribution in [0.25, 0.3) is 0 Å². The van der Waals surface area contributed by atoms with Gasteiger partial charge < -0.3 is 20.5 Å². The summed E-state index contributed by atoms with van der Waals surface area (Å²) in [6.45, 7) is 3.66. The van der Waals surface area contributed by atoms with Gasteiger partial charge in [-0.1, -0.05) is 6.42 Å². The van der Waals surface area contributed by atoms with Crippen molar-refractivity contribution in [3.8, 4) is 11.5 Å². The number of benzene rings is 1. The monoisotopic (exact) mass is 264 g/mol. The largest absolute Gasteiger partial charge is 0.496 e. The Labute approximate surface area is 115 Å². The smallest absolute Gasteiger partial charge is 0.148 e. The molecule has 1 aromatic carbocycles. The summed E-state index contributed by atoms with van der Waals surface area (Å²) in [5, 5.41) is 3.49. The molecule has 0 heterocycles. The van der Waals surface area contributed by atoms with Crippen LogP contribution in [0.2, 0.25) is 0 Å². The van der Waals surface area contributed by atoms with Crippen LogP contribution >= 0.6 is 0 Å². The van der Waals surface area contributed by atoms with E-state index in [1.807, 2.05) is 19.1 Å². The van der Waals surface area contributed by atoms with Crippen molar-refractivity contribution in [2.45, 2.75) is 26.2 Å². The fraction of sp³-hybridized carbons (Fsp3) is 0.600. The molecular formula is C15H24N2O2. The van der Waals surface area contributed by atoms with E-state index in [-0.39, 0.29) is 5.41 Å². The maximum Gasteiger partial charge on any atom is 0.148 e. The molecule has 3 N–H and O–H groups in total. The first-order chi connectivity index (χ1) is 9.15. The Balaban J connectivity index is 2.14. The zero-order valence-corrected chi connectivity index (χ0v) is 12.1. The van der Waals surface area contributed by atoms with Crippen molar-refractivity contribution < 1.29 is 9.47 Å². The lowest BCUT2D eigenvalue weighted by atomic mass is 9.69. The van der Waals surface area contributed by atoms with Gasteiger partial charge in [0.05, 0.1) is 19.9 Å². The highest BCUT2D eigenvalue weighted by atomic mass is 16.5. The summed E-state index contributed by atoms with van der Waals surface area (Å²) in [5.74, 6) is 1.70. The van der Waals surface area contributed by atoms with Crippen molar-refractivity contribution in [1.82, 2.24) is 0 Å². The predicted octanol–water partition coefficient (Wildman–Crippen LogP) is 2.55. The maximum absolute atomic E-state index is 5.89. The van der Waals surface area contributed by atoms with Gasteiger partial charge in [-0.3, -0.25) is 0 Å². The van der Waals surface area contributed by atoms with Crippen LogP contribution in [-0.2, 0) is 0 Å². The lowest BCUT2D eigenvalue weighted by Gasteiger charge is -2.41. The van der Waals surface area contributed by atoms with Gasteiger partial charge in [-0.2, -0.15) is 0 Å². The highest BCUT2D eigenvalue weighted by Crippen LogP contribution is 2.41. The number of hydrogen-bond acceptors (Lipinski definition) is 4. The van der Waals surface area contributed by atoms with Gasteiger partial charge in [0, 0.05) is 12.1 Å². The Morgan fingerprint density at radius 3 is 2.47 bits per heavy atom. The third-order valence-electron chi connectivity index (χ3n) is 4.28. The van der Waals surface area contributed by atoms with E-state index in [9.17, 15) is 0 Å². The molecular weight excluding hydrogens is 240 g/mol. The first-order valence-electron chi connectivity index (χ1n) is 6.81. The van der Waals surface area contributed by atoms with Crippen LogP contribution in [0.1, 0.15) is 24.8 Å². The fourth-order valence-electron chi connectivity index (χ4n) is 2.71. The molecule has 4 heteroatoms. The standard InChI is InChI=1S/C15H24N2O2/c1-11-13(18-2)6-5-12(14(11)19-3)17-10-15(9-16)7-4-8-15/h5-6,17H,4,7-10,16H2,1-3H3. The number of methoxy groups -OCH3 is 2. The predicted molar refractivity (Wildman–Crippen MR) is 78.1 cm³/mol. The number of nitrogens with two attached hydrogens (primary N) is 1. The van der Waals surface area contributed by atoms with Crippen molar-refractivity contribution in [3.05, 3.63) is 17.7 Å². The van der Waals surface area contributed by atoms with Crippen LogP contribution in [0.5, 0.6) is 11.5 Å². The van der Waals surface area contributed by atoms with Crippen LogP contribution in [0.15, 0.2) is 12.1 Å². The summed E-state index contributed by atoms with van der Waals surface area (Å²) in [6.07, 6.45) is 3.72. The van der Waals surface area contributed by atoms with E-state index in [1.165, 1.54) is 19.3 Å². The first kappa shape index (κ1) is 14.0. The van der Waals surface area contributed by atoms with E-state index in [4.69, 9.17) is 15.2 Å². The number of anilines is 1. The minimum atomic E-state index is 0.277. The Bertz CT molecular complexity index is 437. The van der Waals surface area contributed by atoms with E-state index < -0.39 is 0 Å². The van der Waals surface area contributed by atoms with Gasteiger partial charge in [0.15, 0.2) is 0 Å². The van der Waals surface area contributed by atoms with Crippen LogP contribution in [0, 0.1) is 12.3 Å². The molecule has 1 fully saturated rings. The van der Waals surface area contributed by atoms with Gasteiger partial charge in [-0.05, 0) is 43.9 Å². The number of nitrogens with one attached hydrogen (secondary N) is 1. The van der Waals surface area contributed by atoms with Crippen molar-refractivity contribution in [3.63, 3.8) is 0 Å². The molecule has 1 aromatic rings. The highest BCUT2D eigenvalue weighted by molar-refractivity contribution is 5.64. The number of hydrogen-bond donors (Lipinski definition) is 2.